The topological polar surface area (TPSA) is 79.2 Å². The molecule has 7 heteroatoms. The van der Waals surface area contributed by atoms with Gasteiger partial charge in [-0.2, -0.15) is 13.7 Å². The molecular formula is C20H18N2O3S2. The maximum Gasteiger partial charge on any atom is 0.317 e. The van der Waals surface area contributed by atoms with E-state index in [0.29, 0.717) is 5.57 Å². The minimum absolute atomic E-state index is 0.0265. The van der Waals surface area contributed by atoms with Gasteiger partial charge in [0.05, 0.1) is 16.5 Å². The van der Waals surface area contributed by atoms with Crippen molar-refractivity contribution in [3.05, 3.63) is 83.4 Å². The number of nitrogens with zero attached hydrogens (tertiary/aromatic N) is 1. The van der Waals surface area contributed by atoms with Crippen molar-refractivity contribution >= 4 is 32.9 Å². The number of thiocarbonyl (C=S) groups is 1. The summed E-state index contributed by atoms with van der Waals surface area (Å²) in [6.07, 6.45) is 4.60. The van der Waals surface area contributed by atoms with Gasteiger partial charge in [0.25, 0.3) is 0 Å². The second kappa shape index (κ2) is 9.24. The molecule has 0 aromatic heterocycles. The Hall–Kier alpha value is -2.79. The number of benzene rings is 2. The molecule has 138 valence electrons. The van der Waals surface area contributed by atoms with Gasteiger partial charge in [-0.05, 0) is 49.3 Å². The highest BCUT2D eigenvalue weighted by Crippen LogP contribution is 2.17. The second-order valence-electron chi connectivity index (χ2n) is 5.68. The fraction of sp³-hybridized carbons (Fsp3) is 0.100. The van der Waals surface area contributed by atoms with Gasteiger partial charge in [-0.3, -0.25) is 0 Å². The van der Waals surface area contributed by atoms with Crippen LogP contribution in [0, 0.1) is 25.2 Å². The number of rotatable bonds is 6. The van der Waals surface area contributed by atoms with Gasteiger partial charge in [0.15, 0.2) is 0 Å². The fourth-order valence-corrected chi connectivity index (χ4v) is 3.12. The fourth-order valence-electron chi connectivity index (χ4n) is 2.18. The van der Waals surface area contributed by atoms with Gasteiger partial charge in [0.1, 0.15) is 4.99 Å². The summed E-state index contributed by atoms with van der Waals surface area (Å²) in [5.41, 5.74) is 5.43. The van der Waals surface area contributed by atoms with Crippen molar-refractivity contribution in [3.8, 4) is 6.07 Å². The summed E-state index contributed by atoms with van der Waals surface area (Å²) in [5.74, 6) is 0. The molecule has 5 nitrogen and oxygen atoms in total. The Morgan fingerprint density at radius 1 is 1.15 bits per heavy atom. The number of nitrogens with one attached hydrogen (secondary N) is 1. The predicted molar refractivity (Wildman–Crippen MR) is 109 cm³/mol. The van der Waals surface area contributed by atoms with E-state index in [4.69, 9.17) is 16.5 Å². The summed E-state index contributed by atoms with van der Waals surface area (Å²) in [7, 11) is -3.97. The molecule has 2 aromatic rings. The molecule has 0 heterocycles. The third-order valence-electron chi connectivity index (χ3n) is 3.63. The van der Waals surface area contributed by atoms with E-state index in [0.717, 1.165) is 16.7 Å². The maximum absolute atomic E-state index is 12.1. The number of aryl methyl sites for hydroxylation is 2. The van der Waals surface area contributed by atoms with Gasteiger partial charge >= 0.3 is 10.1 Å². The Morgan fingerprint density at radius 2 is 1.81 bits per heavy atom. The van der Waals surface area contributed by atoms with E-state index in [1.165, 1.54) is 18.2 Å². The predicted octanol–water partition coefficient (Wildman–Crippen LogP) is 4.00. The van der Waals surface area contributed by atoms with Gasteiger partial charge in [-0.15, -0.1) is 4.28 Å². The molecule has 0 saturated carbocycles. The zero-order valence-electron chi connectivity index (χ0n) is 14.8. The van der Waals surface area contributed by atoms with Crippen molar-refractivity contribution in [3.63, 3.8) is 0 Å². The smallest absolute Gasteiger partial charge is 0.238 e. The number of hydrogen-bond acceptors (Lipinski definition) is 5. The van der Waals surface area contributed by atoms with Crippen LogP contribution in [0.2, 0.25) is 0 Å². The third kappa shape index (κ3) is 5.86. The van der Waals surface area contributed by atoms with Crippen LogP contribution in [0.25, 0.3) is 5.57 Å². The molecule has 0 fully saturated rings. The molecule has 0 amide bonds. The first-order chi connectivity index (χ1) is 12.8. The van der Waals surface area contributed by atoms with Gasteiger partial charge in [-0.1, -0.05) is 60.3 Å². The number of hydroxylamine groups is 1. The molecule has 0 radical (unpaired) electrons. The second-order valence-corrected chi connectivity index (χ2v) is 7.67. The van der Waals surface area contributed by atoms with Gasteiger partial charge < -0.3 is 0 Å². The van der Waals surface area contributed by atoms with Crippen LogP contribution in [0.3, 0.4) is 0 Å². The summed E-state index contributed by atoms with van der Waals surface area (Å²) in [6.45, 7) is 3.77. The summed E-state index contributed by atoms with van der Waals surface area (Å²) in [5, 5.41) is 9.32. The van der Waals surface area contributed by atoms with Crippen LogP contribution in [0.1, 0.15) is 16.7 Å². The lowest BCUT2D eigenvalue weighted by Crippen LogP contribution is -2.24. The quantitative estimate of drug-likeness (QED) is 0.260. The van der Waals surface area contributed by atoms with Crippen molar-refractivity contribution in [2.45, 2.75) is 18.7 Å². The molecule has 27 heavy (non-hydrogen) atoms. The van der Waals surface area contributed by atoms with Crippen LogP contribution in [0.5, 0.6) is 0 Å². The van der Waals surface area contributed by atoms with Gasteiger partial charge in [0.2, 0.25) is 0 Å². The van der Waals surface area contributed by atoms with Crippen LogP contribution >= 0.6 is 12.2 Å². The summed E-state index contributed by atoms with van der Waals surface area (Å²) >= 11 is 5.02. The Kier molecular flexibility index (Phi) is 7.02. The lowest BCUT2D eigenvalue weighted by atomic mass is 10.0. The van der Waals surface area contributed by atoms with E-state index in [1.807, 2.05) is 38.1 Å². The number of nitriles is 1. The van der Waals surface area contributed by atoms with Gasteiger partial charge in [0, 0.05) is 0 Å². The minimum Gasteiger partial charge on any atom is -0.238 e. The first-order valence-corrected chi connectivity index (χ1v) is 9.80. The summed E-state index contributed by atoms with van der Waals surface area (Å²) in [4.78, 5) is 0.0857. The van der Waals surface area contributed by atoms with Gasteiger partial charge in [-0.25, -0.2) is 5.48 Å². The van der Waals surface area contributed by atoms with Crippen molar-refractivity contribution in [1.82, 2.24) is 5.48 Å². The average molecular weight is 399 g/mol. The molecule has 2 rings (SSSR count). The molecule has 1 N–H and O–H groups in total. The molecular weight excluding hydrogens is 380 g/mol. The number of hydrogen-bond donors (Lipinski definition) is 1. The molecule has 0 spiro atoms. The molecule has 0 aliphatic rings. The van der Waals surface area contributed by atoms with Crippen molar-refractivity contribution in [2.24, 2.45) is 0 Å². The molecule has 0 unspecified atom stereocenters. The number of allylic oxidation sites excluding steroid dienone is 3. The Balaban J connectivity index is 2.01. The van der Waals surface area contributed by atoms with E-state index in [-0.39, 0.29) is 9.88 Å². The first kappa shape index (κ1) is 20.5. The molecule has 0 atom stereocenters. The van der Waals surface area contributed by atoms with E-state index >= 15 is 0 Å². The van der Waals surface area contributed by atoms with Crippen LogP contribution in [-0.4, -0.2) is 13.4 Å². The van der Waals surface area contributed by atoms with E-state index in [2.05, 4.69) is 11.5 Å². The Bertz CT molecular complexity index is 1030. The van der Waals surface area contributed by atoms with Crippen molar-refractivity contribution in [1.29, 1.82) is 5.26 Å². The molecule has 0 aliphatic carbocycles. The van der Waals surface area contributed by atoms with Crippen LogP contribution in [-0.2, 0) is 14.4 Å². The highest BCUT2D eigenvalue weighted by atomic mass is 32.2. The average Bonchev–Trinajstić information content (AvgIpc) is 2.65. The Morgan fingerprint density at radius 3 is 2.44 bits per heavy atom. The molecule has 0 saturated heterocycles. The molecule has 0 bridgehead atoms. The van der Waals surface area contributed by atoms with E-state index in [9.17, 15) is 13.7 Å². The van der Waals surface area contributed by atoms with Crippen LogP contribution in [0.15, 0.2) is 71.7 Å². The lowest BCUT2D eigenvalue weighted by molar-refractivity contribution is 0.271. The maximum atomic E-state index is 12.1. The van der Waals surface area contributed by atoms with E-state index < -0.39 is 10.1 Å². The SMILES string of the molecule is Cc1ccc(S(=O)(=O)ONC(=S)/C=C\C=C(\C#N)c2ccccc2C)cc1. The normalized spacial score (nSPS) is 12.0. The highest BCUT2D eigenvalue weighted by Gasteiger charge is 2.15. The van der Waals surface area contributed by atoms with E-state index in [1.54, 1.807) is 24.3 Å². The van der Waals surface area contributed by atoms with Crippen LogP contribution < -0.4 is 5.48 Å². The standard InChI is InChI=1S/C20H18N2O3S2/c1-15-10-12-18(13-11-15)27(23,24)25-22-20(26)9-5-7-17(14-21)19-8-4-3-6-16(19)2/h3-13H,1-2H3,(H,22,26)/b9-5-,17-7-. The zero-order chi connectivity index (χ0) is 19.9. The third-order valence-corrected chi connectivity index (χ3v) is 5.00. The first-order valence-electron chi connectivity index (χ1n) is 7.98. The minimum atomic E-state index is -3.97. The lowest BCUT2D eigenvalue weighted by Gasteiger charge is -2.06. The van der Waals surface area contributed by atoms with Crippen LogP contribution in [0.4, 0.5) is 0 Å². The highest BCUT2D eigenvalue weighted by molar-refractivity contribution is 7.86. The molecule has 0 aliphatic heterocycles. The molecule has 2 aromatic carbocycles. The Labute approximate surface area is 164 Å². The zero-order valence-corrected chi connectivity index (χ0v) is 16.5. The largest absolute Gasteiger partial charge is 0.317 e. The summed E-state index contributed by atoms with van der Waals surface area (Å²) in [6, 6.07) is 15.9. The van der Waals surface area contributed by atoms with Crippen molar-refractivity contribution < 1.29 is 12.7 Å². The summed E-state index contributed by atoms with van der Waals surface area (Å²) < 4.78 is 28.9. The monoisotopic (exact) mass is 398 g/mol. The van der Waals surface area contributed by atoms with Crippen molar-refractivity contribution in [2.75, 3.05) is 0 Å².